The van der Waals surface area contributed by atoms with Gasteiger partial charge in [0.15, 0.2) is 5.78 Å². The van der Waals surface area contributed by atoms with Crippen molar-refractivity contribution in [3.05, 3.63) is 70.7 Å². The van der Waals surface area contributed by atoms with Crippen LogP contribution in [0.4, 0.5) is 0 Å². The molecule has 2 N–H and O–H groups in total. The third-order valence-corrected chi connectivity index (χ3v) is 6.01. The monoisotopic (exact) mass is 360 g/mol. The molecule has 0 saturated heterocycles. The first-order valence-corrected chi connectivity index (χ1v) is 9.00. The lowest BCUT2D eigenvalue weighted by molar-refractivity contribution is -0.121. The van der Waals surface area contributed by atoms with Gasteiger partial charge in [-0.3, -0.25) is 9.36 Å². The fraction of sp³-hybridized carbons (Fsp3) is 0.333. The van der Waals surface area contributed by atoms with Gasteiger partial charge in [0.25, 0.3) is 5.91 Å². The number of nitrogens with zero attached hydrogens (tertiary/aromatic N) is 3. The fourth-order valence-corrected chi connectivity index (χ4v) is 4.71. The van der Waals surface area contributed by atoms with Crippen LogP contribution in [0, 0.1) is 18.4 Å². The molecule has 0 aliphatic heterocycles. The summed E-state index contributed by atoms with van der Waals surface area (Å²) in [5, 5.41) is 0. The molecule has 0 unspecified atom stereocenters. The number of nitrogens with two attached hydrogens (primary N) is 1. The van der Waals surface area contributed by atoms with Crippen molar-refractivity contribution in [2.24, 2.45) is 17.6 Å². The van der Waals surface area contributed by atoms with E-state index in [-0.39, 0.29) is 29.1 Å². The summed E-state index contributed by atoms with van der Waals surface area (Å²) in [6, 6.07) is 9.54. The van der Waals surface area contributed by atoms with Crippen LogP contribution in [-0.4, -0.2) is 21.2 Å². The number of Topliss-reactive ketones (excluding diaryl/α,β-unsaturated/α-hetero) is 1. The Morgan fingerprint density at radius 1 is 1.37 bits per heavy atom. The second-order valence-corrected chi connectivity index (χ2v) is 7.49. The topological polar surface area (TPSA) is 82.3 Å². The van der Waals surface area contributed by atoms with E-state index in [1.807, 2.05) is 48.7 Å². The molecule has 0 radical (unpaired) electrons. The van der Waals surface area contributed by atoms with Crippen molar-refractivity contribution in [1.29, 1.82) is 0 Å². The smallest absolute Gasteiger partial charge is 0.285 e. The number of benzene rings is 1. The van der Waals surface area contributed by atoms with E-state index in [1.54, 1.807) is 6.08 Å². The van der Waals surface area contributed by atoms with Crippen LogP contribution in [0.2, 0.25) is 0 Å². The van der Waals surface area contributed by atoms with E-state index in [2.05, 4.69) is 9.83 Å². The first-order valence-electron chi connectivity index (χ1n) is 9.00. The van der Waals surface area contributed by atoms with Crippen LogP contribution in [0.3, 0.4) is 0 Å². The van der Waals surface area contributed by atoms with Crippen molar-refractivity contribution < 1.29 is 9.59 Å². The second kappa shape index (κ2) is 5.92. The van der Waals surface area contributed by atoms with E-state index in [0.29, 0.717) is 6.42 Å². The van der Waals surface area contributed by atoms with Gasteiger partial charge in [-0.15, -0.1) is 0 Å². The molecule has 2 aliphatic carbocycles. The third-order valence-electron chi connectivity index (χ3n) is 6.01. The summed E-state index contributed by atoms with van der Waals surface area (Å²) in [7, 11) is 0. The van der Waals surface area contributed by atoms with E-state index >= 15 is 0 Å². The highest BCUT2D eigenvalue weighted by atomic mass is 16.1. The van der Waals surface area contributed by atoms with E-state index in [4.69, 9.17) is 12.3 Å². The van der Waals surface area contributed by atoms with Crippen LogP contribution in [0.15, 0.2) is 42.1 Å². The molecule has 27 heavy (non-hydrogen) atoms. The highest BCUT2D eigenvalue weighted by Crippen LogP contribution is 2.50. The summed E-state index contributed by atoms with van der Waals surface area (Å²) in [5.74, 6) is -0.717. The normalized spacial score (nSPS) is 26.6. The highest BCUT2D eigenvalue weighted by Gasteiger charge is 2.50. The number of fused-ring (bicyclic) bond motifs is 3. The molecular formula is C21H20N4O2. The molecule has 136 valence electrons. The Hall–Kier alpha value is -3.20. The van der Waals surface area contributed by atoms with Crippen LogP contribution in [-0.2, 0) is 16.6 Å². The molecule has 2 aromatic rings. The minimum atomic E-state index is -0.595. The Balaban J connectivity index is 2.00. The Bertz CT molecular complexity index is 1030. The summed E-state index contributed by atoms with van der Waals surface area (Å²) < 4.78 is 1.82. The van der Waals surface area contributed by atoms with E-state index in [1.165, 1.54) is 0 Å². The van der Waals surface area contributed by atoms with Crippen LogP contribution in [0.25, 0.3) is 10.5 Å². The van der Waals surface area contributed by atoms with Crippen molar-refractivity contribution in [2.45, 2.75) is 32.1 Å². The first-order chi connectivity index (χ1) is 12.9. The van der Waals surface area contributed by atoms with Crippen molar-refractivity contribution in [2.75, 3.05) is 0 Å². The zero-order valence-corrected chi connectivity index (χ0v) is 15.3. The molecule has 0 saturated carbocycles. The molecule has 0 spiro atoms. The SMILES string of the molecule is [C-]#[N+]C1=C[C@]2(C)c3nc(C(N)=O)n(-c4ccccc4)c3CC[C@H]2[C@H](C)C1=O. The minimum absolute atomic E-state index is 0.0443. The van der Waals surface area contributed by atoms with Gasteiger partial charge in [-0.2, -0.15) is 0 Å². The Morgan fingerprint density at radius 2 is 2.07 bits per heavy atom. The second-order valence-electron chi connectivity index (χ2n) is 7.49. The number of carbonyl (C=O) groups excluding carboxylic acids is 2. The standard InChI is InChI=1S/C21H20N4O2/c1-12-14-9-10-16-18(21(14,2)11-15(23-3)17(12)26)24-20(19(22)27)25(16)13-7-5-4-6-8-13/h4-8,11-12,14H,9-10H2,1-2H3,(H2,22,27)/t12-,14-,21-/m0/s1. The number of para-hydroxylation sites is 1. The number of hydrogen-bond acceptors (Lipinski definition) is 3. The van der Waals surface area contributed by atoms with Gasteiger partial charge in [0.1, 0.15) is 0 Å². The molecule has 2 aliphatic rings. The van der Waals surface area contributed by atoms with Crippen LogP contribution < -0.4 is 5.73 Å². The van der Waals surface area contributed by atoms with Gasteiger partial charge in [0.2, 0.25) is 11.5 Å². The minimum Gasteiger partial charge on any atom is -0.363 e. The number of imidazole rings is 1. The predicted molar refractivity (Wildman–Crippen MR) is 100 cm³/mol. The maximum atomic E-state index is 12.5. The number of allylic oxidation sites excluding steroid dienone is 2. The van der Waals surface area contributed by atoms with Crippen LogP contribution in [0.5, 0.6) is 0 Å². The molecule has 3 atom stereocenters. The number of amides is 1. The van der Waals surface area contributed by atoms with Gasteiger partial charge < -0.3 is 10.5 Å². The molecule has 1 aromatic carbocycles. The Labute approximate surface area is 157 Å². The van der Waals surface area contributed by atoms with Gasteiger partial charge in [0, 0.05) is 22.7 Å². The van der Waals surface area contributed by atoms with E-state index in [9.17, 15) is 9.59 Å². The number of primary amides is 1. The summed E-state index contributed by atoms with van der Waals surface area (Å²) >= 11 is 0. The lowest BCUT2D eigenvalue weighted by Crippen LogP contribution is -2.45. The van der Waals surface area contributed by atoms with Crippen molar-refractivity contribution >= 4 is 11.7 Å². The molecule has 1 amide bonds. The molecule has 0 fully saturated rings. The van der Waals surface area contributed by atoms with Crippen LogP contribution in [0.1, 0.15) is 42.3 Å². The molecule has 1 heterocycles. The average Bonchev–Trinajstić information content (AvgIpc) is 3.07. The van der Waals surface area contributed by atoms with Gasteiger partial charge >= 0.3 is 0 Å². The molecular weight excluding hydrogens is 340 g/mol. The number of hydrogen-bond donors (Lipinski definition) is 1. The summed E-state index contributed by atoms with van der Waals surface area (Å²) in [6.07, 6.45) is 3.23. The van der Waals surface area contributed by atoms with Gasteiger partial charge in [-0.25, -0.2) is 9.83 Å². The van der Waals surface area contributed by atoms with Crippen molar-refractivity contribution in [3.8, 4) is 5.69 Å². The number of carbonyl (C=O) groups is 2. The maximum Gasteiger partial charge on any atom is 0.285 e. The molecule has 1 aromatic heterocycles. The van der Waals surface area contributed by atoms with E-state index < -0.39 is 11.3 Å². The van der Waals surface area contributed by atoms with E-state index in [0.717, 1.165) is 23.5 Å². The van der Waals surface area contributed by atoms with Gasteiger partial charge in [0.05, 0.1) is 12.3 Å². The highest BCUT2D eigenvalue weighted by molar-refractivity contribution is 6.00. The fourth-order valence-electron chi connectivity index (χ4n) is 4.71. The number of aromatic nitrogens is 2. The molecule has 4 rings (SSSR count). The molecule has 0 bridgehead atoms. The lowest BCUT2D eigenvalue weighted by atomic mass is 9.59. The third kappa shape index (κ3) is 2.35. The largest absolute Gasteiger partial charge is 0.363 e. The Kier molecular flexibility index (Phi) is 3.77. The lowest BCUT2D eigenvalue weighted by Gasteiger charge is -2.44. The van der Waals surface area contributed by atoms with Crippen molar-refractivity contribution in [1.82, 2.24) is 9.55 Å². The average molecular weight is 360 g/mol. The molecule has 6 nitrogen and oxygen atoms in total. The summed E-state index contributed by atoms with van der Waals surface area (Å²) in [6.45, 7) is 11.3. The number of rotatable bonds is 2. The summed E-state index contributed by atoms with van der Waals surface area (Å²) in [4.78, 5) is 32.7. The molecule has 6 heteroatoms. The predicted octanol–water partition coefficient (Wildman–Crippen LogP) is 2.81. The zero-order chi connectivity index (χ0) is 19.3. The summed E-state index contributed by atoms with van der Waals surface area (Å²) in [5.41, 5.74) is 7.72. The van der Waals surface area contributed by atoms with Gasteiger partial charge in [-0.05, 0) is 30.9 Å². The van der Waals surface area contributed by atoms with Crippen LogP contribution >= 0.6 is 0 Å². The van der Waals surface area contributed by atoms with Crippen molar-refractivity contribution in [3.63, 3.8) is 0 Å². The van der Waals surface area contributed by atoms with Gasteiger partial charge in [-0.1, -0.05) is 38.1 Å². The number of ketones is 1. The zero-order valence-electron chi connectivity index (χ0n) is 15.3. The first kappa shape index (κ1) is 17.2. The maximum absolute atomic E-state index is 12.5. The Morgan fingerprint density at radius 3 is 2.70 bits per heavy atom. The quantitative estimate of drug-likeness (QED) is 0.836.